The van der Waals surface area contributed by atoms with Crippen molar-refractivity contribution in [2.75, 3.05) is 13.2 Å². The van der Waals surface area contributed by atoms with Crippen LogP contribution >= 0.6 is 11.6 Å². The smallest absolute Gasteiger partial charge is 0.416 e. The lowest BCUT2D eigenvalue weighted by molar-refractivity contribution is -0.139. The highest BCUT2D eigenvalue weighted by Crippen LogP contribution is 2.53. The summed E-state index contributed by atoms with van der Waals surface area (Å²) in [6.45, 7) is -0.445. The maximum absolute atomic E-state index is 14.1. The molecule has 5 rings (SSSR count). The van der Waals surface area contributed by atoms with Gasteiger partial charge in [-0.1, -0.05) is 35.9 Å². The first-order valence-corrected chi connectivity index (χ1v) is 12.3. The van der Waals surface area contributed by atoms with Gasteiger partial charge < -0.3 is 14.7 Å². The summed E-state index contributed by atoms with van der Waals surface area (Å²) in [5.41, 5.74) is 1.02. The molecule has 1 heterocycles. The van der Waals surface area contributed by atoms with Gasteiger partial charge in [-0.05, 0) is 71.8 Å². The van der Waals surface area contributed by atoms with Crippen molar-refractivity contribution in [3.8, 4) is 5.75 Å². The van der Waals surface area contributed by atoms with E-state index < -0.39 is 48.0 Å². The van der Waals surface area contributed by atoms with Crippen LogP contribution < -0.4 is 4.74 Å². The lowest BCUT2D eigenvalue weighted by Crippen LogP contribution is -2.42. The van der Waals surface area contributed by atoms with Gasteiger partial charge in [-0.3, -0.25) is 4.79 Å². The molecule has 0 radical (unpaired) electrons. The number of carbonyl (C=O) groups excluding carboxylic acids is 1. The number of amides is 1. The summed E-state index contributed by atoms with van der Waals surface area (Å²) in [4.78, 5) is 26.6. The van der Waals surface area contributed by atoms with Gasteiger partial charge in [-0.25, -0.2) is 9.18 Å². The third-order valence-electron chi connectivity index (χ3n) is 7.01. The predicted octanol–water partition coefficient (Wildman–Crippen LogP) is 6.24. The molecule has 198 valence electrons. The van der Waals surface area contributed by atoms with Crippen LogP contribution in [0.25, 0.3) is 0 Å². The number of carboxylic acids is 1. The third-order valence-corrected chi connectivity index (χ3v) is 7.24. The number of aliphatic carboxylic acids is 1. The normalized spacial score (nSPS) is 20.6. The number of hydrogen-bond donors (Lipinski definition) is 1. The zero-order valence-electron chi connectivity index (χ0n) is 19.8. The standard InChI is InChI=1S/C28H22ClF4NO4/c29-16-5-8-24(38-14-25(35)36)22(12-16)26-18-7-6-17(30)11-15(18)9-10-34(26)27(37)21-13-20(21)19-3-1-2-4-23(19)28(31,32)33/h1-8,11-12,20-21,26H,9-10,13-14H2,(H,35,36)/t20-,21+,26?/m0/s1. The van der Waals surface area contributed by atoms with E-state index in [-0.39, 0.29) is 30.2 Å². The van der Waals surface area contributed by atoms with Crippen LogP contribution in [0.3, 0.4) is 0 Å². The fourth-order valence-corrected chi connectivity index (χ4v) is 5.46. The number of alkyl halides is 3. The van der Waals surface area contributed by atoms with Gasteiger partial charge in [0.05, 0.1) is 11.6 Å². The average Bonchev–Trinajstić information content (AvgIpc) is 3.67. The van der Waals surface area contributed by atoms with Crippen LogP contribution in [-0.4, -0.2) is 35.0 Å². The minimum absolute atomic E-state index is 0.0858. The molecule has 1 N–H and O–H groups in total. The quantitative estimate of drug-likeness (QED) is 0.371. The number of fused-ring (bicyclic) bond motifs is 1. The number of carboxylic acid groups (broad SMARTS) is 1. The lowest BCUT2D eigenvalue weighted by Gasteiger charge is -2.38. The van der Waals surface area contributed by atoms with E-state index >= 15 is 0 Å². The first-order valence-electron chi connectivity index (χ1n) is 11.9. The zero-order valence-corrected chi connectivity index (χ0v) is 20.6. The van der Waals surface area contributed by atoms with E-state index in [0.29, 0.717) is 28.1 Å². The van der Waals surface area contributed by atoms with Crippen molar-refractivity contribution >= 4 is 23.5 Å². The number of hydrogen-bond acceptors (Lipinski definition) is 3. The molecule has 1 aliphatic carbocycles. The van der Waals surface area contributed by atoms with Gasteiger partial charge in [-0.15, -0.1) is 0 Å². The highest BCUT2D eigenvalue weighted by Gasteiger charge is 2.50. The van der Waals surface area contributed by atoms with Crippen molar-refractivity contribution in [3.05, 3.63) is 99.3 Å². The third kappa shape index (κ3) is 5.07. The van der Waals surface area contributed by atoms with E-state index in [2.05, 4.69) is 0 Å². The van der Waals surface area contributed by atoms with E-state index in [9.17, 15) is 27.2 Å². The number of nitrogens with zero attached hydrogens (tertiary/aromatic N) is 1. The molecule has 1 saturated carbocycles. The number of rotatable bonds is 6. The molecule has 2 aliphatic rings. The van der Waals surface area contributed by atoms with Gasteiger partial charge in [-0.2, -0.15) is 13.2 Å². The van der Waals surface area contributed by atoms with Crippen molar-refractivity contribution in [2.45, 2.75) is 31.0 Å². The molecule has 10 heteroatoms. The second kappa shape index (κ2) is 9.94. The summed E-state index contributed by atoms with van der Waals surface area (Å²) in [5.74, 6) is -3.04. The Kier molecular flexibility index (Phi) is 6.81. The Hall–Kier alpha value is -3.59. The van der Waals surface area contributed by atoms with E-state index in [1.807, 2.05) is 0 Å². The maximum atomic E-state index is 14.1. The summed E-state index contributed by atoms with van der Waals surface area (Å²) in [6.07, 6.45) is -3.93. The molecule has 0 aromatic heterocycles. The maximum Gasteiger partial charge on any atom is 0.416 e. The van der Waals surface area contributed by atoms with Gasteiger partial charge >= 0.3 is 12.1 Å². The molecule has 1 unspecified atom stereocenters. The van der Waals surface area contributed by atoms with Crippen molar-refractivity contribution in [1.82, 2.24) is 4.90 Å². The van der Waals surface area contributed by atoms with Crippen molar-refractivity contribution in [1.29, 1.82) is 0 Å². The van der Waals surface area contributed by atoms with Crippen LogP contribution in [0.4, 0.5) is 17.6 Å². The monoisotopic (exact) mass is 547 g/mol. The van der Waals surface area contributed by atoms with E-state index in [1.54, 1.807) is 17.0 Å². The Morgan fingerprint density at radius 1 is 1.03 bits per heavy atom. The molecular formula is C28H22ClF4NO4. The van der Waals surface area contributed by atoms with Gasteiger partial charge in [0.1, 0.15) is 11.6 Å². The Balaban J connectivity index is 1.53. The van der Waals surface area contributed by atoms with Crippen molar-refractivity contribution < 1.29 is 37.0 Å². The summed E-state index contributed by atoms with van der Waals surface area (Å²) < 4.78 is 60.4. The first-order chi connectivity index (χ1) is 18.0. The molecule has 3 atom stereocenters. The van der Waals surface area contributed by atoms with Crippen LogP contribution in [0, 0.1) is 11.7 Å². The van der Waals surface area contributed by atoms with E-state index in [0.717, 1.165) is 6.07 Å². The molecule has 0 saturated heterocycles. The van der Waals surface area contributed by atoms with Crippen LogP contribution in [0.1, 0.15) is 46.2 Å². The Bertz CT molecular complexity index is 1410. The zero-order chi connectivity index (χ0) is 27.2. The average molecular weight is 548 g/mol. The second-order valence-corrected chi connectivity index (χ2v) is 9.86. The molecule has 0 spiro atoms. The highest BCUT2D eigenvalue weighted by atomic mass is 35.5. The molecule has 38 heavy (non-hydrogen) atoms. The van der Waals surface area contributed by atoms with Crippen LogP contribution in [0.15, 0.2) is 60.7 Å². The summed E-state index contributed by atoms with van der Waals surface area (Å²) in [5, 5.41) is 9.43. The summed E-state index contributed by atoms with van der Waals surface area (Å²) >= 11 is 6.27. The molecule has 3 aromatic rings. The molecule has 5 nitrogen and oxygen atoms in total. The lowest BCUT2D eigenvalue weighted by atomic mass is 9.87. The van der Waals surface area contributed by atoms with Crippen LogP contribution in [0.5, 0.6) is 5.75 Å². The number of ether oxygens (including phenoxy) is 1. The van der Waals surface area contributed by atoms with E-state index in [1.165, 1.54) is 42.5 Å². The Labute approximate surface area is 220 Å². The Morgan fingerprint density at radius 3 is 2.53 bits per heavy atom. The summed E-state index contributed by atoms with van der Waals surface area (Å²) in [7, 11) is 0. The fourth-order valence-electron chi connectivity index (χ4n) is 5.28. The first kappa shape index (κ1) is 26.0. The van der Waals surface area contributed by atoms with Crippen LogP contribution in [-0.2, 0) is 22.2 Å². The van der Waals surface area contributed by atoms with Gasteiger partial charge in [0, 0.05) is 23.0 Å². The van der Waals surface area contributed by atoms with Gasteiger partial charge in [0.2, 0.25) is 5.91 Å². The predicted molar refractivity (Wildman–Crippen MR) is 131 cm³/mol. The number of carbonyl (C=O) groups is 2. The minimum atomic E-state index is -4.54. The largest absolute Gasteiger partial charge is 0.482 e. The molecule has 1 fully saturated rings. The molecule has 1 amide bonds. The molecule has 3 aromatic carbocycles. The highest BCUT2D eigenvalue weighted by molar-refractivity contribution is 6.30. The molecular weight excluding hydrogens is 526 g/mol. The summed E-state index contributed by atoms with van der Waals surface area (Å²) in [6, 6.07) is 13.3. The topological polar surface area (TPSA) is 66.8 Å². The van der Waals surface area contributed by atoms with Gasteiger partial charge in [0.15, 0.2) is 6.61 Å². The fraction of sp³-hybridized carbons (Fsp3) is 0.286. The van der Waals surface area contributed by atoms with Crippen LogP contribution in [0.2, 0.25) is 5.02 Å². The number of benzene rings is 3. The molecule has 0 bridgehead atoms. The van der Waals surface area contributed by atoms with Gasteiger partial charge in [0.25, 0.3) is 0 Å². The second-order valence-electron chi connectivity index (χ2n) is 9.43. The van der Waals surface area contributed by atoms with E-state index in [4.69, 9.17) is 21.4 Å². The molecule has 1 aliphatic heterocycles. The van der Waals surface area contributed by atoms with Crippen molar-refractivity contribution in [2.24, 2.45) is 5.92 Å². The SMILES string of the molecule is O=C(O)COc1ccc(Cl)cc1C1c2ccc(F)cc2CCN1C(=O)[C@@H]1C[C@H]1c1ccccc1C(F)(F)F. The minimum Gasteiger partial charge on any atom is -0.482 e. The Morgan fingerprint density at radius 2 is 1.79 bits per heavy atom. The number of halogens is 5. The van der Waals surface area contributed by atoms with Crippen molar-refractivity contribution in [3.63, 3.8) is 0 Å².